The lowest BCUT2D eigenvalue weighted by Gasteiger charge is -2.22. The molecule has 2 atom stereocenters. The Balaban J connectivity index is 5.90. The highest BCUT2D eigenvalue weighted by Gasteiger charge is 2.24. The van der Waals surface area contributed by atoms with Gasteiger partial charge in [-0.3, -0.25) is 0 Å². The third-order valence-electron chi connectivity index (χ3n) is 1.13. The van der Waals surface area contributed by atoms with Gasteiger partial charge in [0.2, 0.25) is 0 Å². The lowest BCUT2D eigenvalue weighted by atomic mass is 10.0. The first kappa shape index (κ1) is 7.14. The van der Waals surface area contributed by atoms with Crippen LogP contribution in [0.25, 0.3) is 0 Å². The largest absolute Gasteiger partial charge is 0.480 e. The molecule has 0 aliphatic heterocycles. The summed E-state index contributed by atoms with van der Waals surface area (Å²) >= 11 is 0. The van der Waals surface area contributed by atoms with E-state index in [-0.39, 0.29) is 0 Å². The van der Waals surface area contributed by atoms with E-state index in [0.29, 0.717) is 0 Å². The van der Waals surface area contributed by atoms with Crippen LogP contribution in [-0.2, 0) is 9.53 Å². The van der Waals surface area contributed by atoms with E-state index < -0.39 is 48.2 Å². The molecule has 94 valence electrons. The molecule has 1 unspecified atom stereocenters. The van der Waals surface area contributed by atoms with Gasteiger partial charge in [0.1, 0.15) is 11.6 Å². The number of carboxylic acids is 1. The van der Waals surface area contributed by atoms with Gasteiger partial charge in [-0.15, -0.1) is 0 Å². The van der Waals surface area contributed by atoms with Crippen molar-refractivity contribution < 1.29 is 27.7 Å². The van der Waals surface area contributed by atoms with E-state index >= 15 is 0 Å². The molecule has 5 nitrogen and oxygen atoms in total. The number of hydrogen-bond donors (Lipinski definition) is 2. The van der Waals surface area contributed by atoms with Crippen molar-refractivity contribution >= 4 is 12.1 Å². The number of hydrogen-bond acceptors (Lipinski definition) is 3. The predicted octanol–water partition coefficient (Wildman–Crippen LogP) is 2.01. The van der Waals surface area contributed by atoms with E-state index in [1.165, 1.54) is 20.8 Å². The summed E-state index contributed by atoms with van der Waals surface area (Å²) in [5.74, 6) is -4.47. The van der Waals surface area contributed by atoms with Gasteiger partial charge in [0, 0.05) is 5.48 Å². The van der Waals surface area contributed by atoms with E-state index in [1.54, 1.807) is 0 Å². The molecule has 0 fully saturated rings. The van der Waals surface area contributed by atoms with Crippen molar-refractivity contribution in [1.29, 1.82) is 0 Å². The summed E-state index contributed by atoms with van der Waals surface area (Å²) in [6.45, 7) is 4.43. The summed E-state index contributed by atoms with van der Waals surface area (Å²) in [7, 11) is 0. The van der Waals surface area contributed by atoms with Crippen LogP contribution >= 0.6 is 0 Å². The third kappa shape index (κ3) is 7.09. The van der Waals surface area contributed by atoms with Gasteiger partial charge in [0.05, 0.1) is 1.37 Å². The molecule has 0 bridgehead atoms. The average Bonchev–Trinajstić information content (AvgIpc) is 2.33. The van der Waals surface area contributed by atoms with Crippen LogP contribution in [0.3, 0.4) is 0 Å². The molecule has 0 aromatic rings. The number of carbonyl (C=O) groups excluding carboxylic acids is 1. The van der Waals surface area contributed by atoms with Gasteiger partial charge in [-0.05, 0) is 33.0 Å². The van der Waals surface area contributed by atoms with Crippen molar-refractivity contribution in [2.75, 3.05) is 0 Å². The van der Waals surface area contributed by atoms with Gasteiger partial charge in [-0.1, -0.05) is 13.8 Å². The maximum absolute atomic E-state index is 11.8. The fourth-order valence-corrected chi connectivity index (χ4v) is 0.707. The minimum absolute atomic E-state index is 0.441. The molecule has 0 saturated heterocycles. The van der Waals surface area contributed by atoms with Crippen LogP contribution < -0.4 is 5.31 Å². The molecule has 0 spiro atoms. The summed E-state index contributed by atoms with van der Waals surface area (Å²) in [5, 5.41) is 8.76. The first-order chi connectivity index (χ1) is 9.54. The summed E-state index contributed by atoms with van der Waals surface area (Å²) in [6.07, 6.45) is -4.75. The van der Waals surface area contributed by atoms with Gasteiger partial charge in [-0.2, -0.15) is 0 Å². The molecule has 2 N–H and O–H groups in total. The first-order valence-corrected chi connectivity index (χ1v) is 4.59. The normalized spacial score (nSPS) is 25.2. The number of rotatable bonds is 4. The SMILES string of the molecule is [2H]CC([2H])(C)C([2H])([2H])[C@@]([2H])(C(=O)O)N([2H])C(=O)OC(C)(C)C. The second-order valence-electron chi connectivity index (χ2n) is 4.15. The van der Waals surface area contributed by atoms with E-state index in [4.69, 9.17) is 13.0 Å². The van der Waals surface area contributed by atoms with E-state index in [1.807, 2.05) is 0 Å². The van der Waals surface area contributed by atoms with Gasteiger partial charge < -0.3 is 15.2 Å². The molecule has 0 aromatic carbocycles. The Hall–Kier alpha value is -1.26. The van der Waals surface area contributed by atoms with Crippen molar-refractivity contribution in [3.05, 3.63) is 0 Å². The van der Waals surface area contributed by atoms with Crippen LogP contribution in [-0.4, -0.2) is 28.8 Å². The highest BCUT2D eigenvalue weighted by Crippen LogP contribution is 2.09. The van der Waals surface area contributed by atoms with Crippen molar-refractivity contribution in [2.45, 2.75) is 52.6 Å². The minimum atomic E-state index is -3.45. The molecule has 0 aliphatic rings. The van der Waals surface area contributed by atoms with Crippen molar-refractivity contribution in [2.24, 2.45) is 5.89 Å². The molecule has 16 heavy (non-hydrogen) atoms. The molecule has 0 aliphatic carbocycles. The molecule has 5 heteroatoms. The smallest absolute Gasteiger partial charge is 0.408 e. The summed E-state index contributed by atoms with van der Waals surface area (Å²) in [5.41, 5.74) is -1.08. The molecular weight excluding hydrogens is 210 g/mol. The molecule has 0 radical (unpaired) electrons. The number of carbonyl (C=O) groups is 2. The maximum atomic E-state index is 11.8. The zero-order valence-corrected chi connectivity index (χ0v) is 9.83. The molecule has 0 aromatic heterocycles. The maximum Gasteiger partial charge on any atom is 0.408 e. The first-order valence-electron chi connectivity index (χ1n) is 7.75. The Labute approximate surface area is 105 Å². The monoisotopic (exact) mass is 237 g/mol. The van der Waals surface area contributed by atoms with Crippen molar-refractivity contribution in [3.8, 4) is 0 Å². The average molecular weight is 237 g/mol. The van der Waals surface area contributed by atoms with E-state index in [0.717, 1.165) is 6.92 Å². The second kappa shape index (κ2) is 5.72. The quantitative estimate of drug-likeness (QED) is 0.784. The van der Waals surface area contributed by atoms with Gasteiger partial charge in [0.25, 0.3) is 0 Å². The fraction of sp³-hybridized carbons (Fsp3) is 0.818. The summed E-state index contributed by atoms with van der Waals surface area (Å²) in [6, 6.07) is -3.45. The Morgan fingerprint density at radius 3 is 2.62 bits per heavy atom. The second-order valence-corrected chi connectivity index (χ2v) is 4.15. The number of carboxylic acid groups (broad SMARTS) is 1. The zero-order chi connectivity index (χ0) is 18.1. The van der Waals surface area contributed by atoms with Gasteiger partial charge in [-0.25, -0.2) is 9.59 Å². The molecular formula is C11H21NO4. The summed E-state index contributed by atoms with van der Waals surface area (Å²) in [4.78, 5) is 23.2. The molecule has 1 amide bonds. The minimum Gasteiger partial charge on any atom is -0.480 e. The topological polar surface area (TPSA) is 75.6 Å². The number of alkyl carbamates (subject to hydrolysis) is 1. The lowest BCUT2D eigenvalue weighted by molar-refractivity contribution is -0.139. The van der Waals surface area contributed by atoms with Gasteiger partial charge >= 0.3 is 12.1 Å². The van der Waals surface area contributed by atoms with Gasteiger partial charge in [0.15, 0.2) is 1.41 Å². The van der Waals surface area contributed by atoms with Crippen LogP contribution in [0, 0.1) is 5.89 Å². The molecule has 0 saturated carbocycles. The van der Waals surface area contributed by atoms with Crippen LogP contribution in [0.15, 0.2) is 0 Å². The Morgan fingerprint density at radius 2 is 2.25 bits per heavy atom. The van der Waals surface area contributed by atoms with Crippen LogP contribution in [0.4, 0.5) is 4.79 Å². The lowest BCUT2D eigenvalue weighted by Crippen LogP contribution is -2.44. The van der Waals surface area contributed by atoms with Crippen LogP contribution in [0.1, 0.15) is 47.8 Å². The fourth-order valence-electron chi connectivity index (χ4n) is 0.707. The Kier molecular flexibility index (Phi) is 2.55. The predicted molar refractivity (Wildman–Crippen MR) is 60.2 cm³/mol. The van der Waals surface area contributed by atoms with Crippen LogP contribution in [0.2, 0.25) is 1.41 Å². The Bertz CT molecular complexity index is 450. The standard InChI is InChI=1S/C11H21NO4/c1-7(2)6-8(9(13)14)12-10(15)16-11(3,4)5/h7-8H,6H2,1-5H3,(H,12,15)(H,13,14)/t8-/m0/s1/i1D,6D2,7D,8D/hD/t7?,8-. The number of aliphatic carboxylic acids is 1. The van der Waals surface area contributed by atoms with Crippen LogP contribution in [0.5, 0.6) is 0 Å². The molecule has 0 rings (SSSR count). The summed E-state index contributed by atoms with van der Waals surface area (Å²) < 4.78 is 50.7. The Morgan fingerprint density at radius 1 is 1.69 bits per heavy atom. The third-order valence-corrected chi connectivity index (χ3v) is 1.13. The number of amides is 1. The zero-order valence-electron chi connectivity index (χ0n) is 15.8. The molecule has 0 heterocycles. The van der Waals surface area contributed by atoms with Crippen molar-refractivity contribution in [3.63, 3.8) is 0 Å². The van der Waals surface area contributed by atoms with E-state index in [2.05, 4.69) is 0 Å². The number of nitrogens with one attached hydrogen (secondary N) is 1. The highest BCUT2D eigenvalue weighted by atomic mass is 16.6. The van der Waals surface area contributed by atoms with E-state index in [9.17, 15) is 14.7 Å². The highest BCUT2D eigenvalue weighted by molar-refractivity contribution is 5.79. The van der Waals surface area contributed by atoms with Crippen molar-refractivity contribution in [1.82, 2.24) is 5.31 Å². The number of ether oxygens (including phenoxy) is 1.